The number of thiocarbonyl (C=S) groups is 1. The number of nitrogens with zero attached hydrogens (tertiary/aromatic N) is 1. The van der Waals surface area contributed by atoms with Crippen molar-refractivity contribution in [1.29, 1.82) is 0 Å². The molecule has 0 aliphatic rings. The lowest BCUT2D eigenvalue weighted by molar-refractivity contribution is 0.0804. The first kappa shape index (κ1) is 14.0. The number of amides is 1. The minimum absolute atomic E-state index is 0.00264. The summed E-state index contributed by atoms with van der Waals surface area (Å²) in [5.41, 5.74) is 6.89. The maximum Gasteiger partial charge on any atom is 0.253 e. The molecule has 2 N–H and O–H groups in total. The fourth-order valence-electron chi connectivity index (χ4n) is 1.36. The first-order valence-electron chi connectivity index (χ1n) is 5.20. The Morgan fingerprint density at radius 3 is 2.71 bits per heavy atom. The second kappa shape index (κ2) is 6.61. The van der Waals surface area contributed by atoms with E-state index in [2.05, 4.69) is 0 Å². The van der Waals surface area contributed by atoms with E-state index in [4.69, 9.17) is 18.0 Å². The smallest absolute Gasteiger partial charge is 0.253 e. The summed E-state index contributed by atoms with van der Waals surface area (Å²) in [6, 6.07) is 7.12. The largest absolute Gasteiger partial charge is 0.389 e. The lowest BCUT2D eigenvalue weighted by atomic mass is 10.1. The van der Waals surface area contributed by atoms with Gasteiger partial charge in [0, 0.05) is 30.5 Å². The molecule has 0 heterocycles. The van der Waals surface area contributed by atoms with Crippen LogP contribution in [0.15, 0.2) is 24.3 Å². The van der Waals surface area contributed by atoms with Crippen LogP contribution < -0.4 is 5.73 Å². The molecule has 5 heteroatoms. The summed E-state index contributed by atoms with van der Waals surface area (Å²) in [4.78, 5) is 14.1. The van der Waals surface area contributed by atoms with Gasteiger partial charge in [-0.15, -0.1) is 0 Å². The number of carbonyl (C=O) groups is 1. The molecule has 1 rings (SSSR count). The van der Waals surface area contributed by atoms with E-state index in [1.165, 1.54) is 0 Å². The number of hydrogen-bond donors (Lipinski definition) is 1. The maximum absolute atomic E-state index is 12.1. The van der Waals surface area contributed by atoms with Gasteiger partial charge in [-0.05, 0) is 18.4 Å². The second-order valence-corrected chi connectivity index (χ2v) is 5.09. The molecular weight excluding hydrogens is 252 g/mol. The van der Waals surface area contributed by atoms with Crippen molar-refractivity contribution < 1.29 is 4.79 Å². The fraction of sp³-hybridized carbons (Fsp3) is 0.333. The molecule has 0 unspecified atom stereocenters. The van der Waals surface area contributed by atoms with E-state index < -0.39 is 0 Å². The Morgan fingerprint density at radius 1 is 1.47 bits per heavy atom. The highest BCUT2D eigenvalue weighted by atomic mass is 32.2. The van der Waals surface area contributed by atoms with Crippen LogP contribution >= 0.6 is 24.0 Å². The highest BCUT2D eigenvalue weighted by Gasteiger charge is 2.11. The zero-order valence-corrected chi connectivity index (χ0v) is 11.6. The van der Waals surface area contributed by atoms with E-state index in [0.717, 1.165) is 17.9 Å². The lowest BCUT2D eigenvalue weighted by Gasteiger charge is -2.16. The number of carbonyl (C=O) groups excluding carboxylic acids is 1. The first-order chi connectivity index (χ1) is 8.06. The van der Waals surface area contributed by atoms with Crippen molar-refractivity contribution in [2.75, 3.05) is 25.6 Å². The molecule has 0 radical (unpaired) electrons. The summed E-state index contributed by atoms with van der Waals surface area (Å²) in [6.07, 6.45) is 2.02. The SMILES string of the molecule is CSCCN(C)C(=O)c1cccc(C(N)=S)c1. The van der Waals surface area contributed by atoms with Crippen molar-refractivity contribution in [1.82, 2.24) is 4.90 Å². The Kier molecular flexibility index (Phi) is 5.44. The Labute approximate surface area is 111 Å². The quantitative estimate of drug-likeness (QED) is 0.827. The van der Waals surface area contributed by atoms with Crippen LogP contribution in [0, 0.1) is 0 Å². The van der Waals surface area contributed by atoms with Crippen LogP contribution in [0.5, 0.6) is 0 Å². The number of benzene rings is 1. The van der Waals surface area contributed by atoms with Gasteiger partial charge >= 0.3 is 0 Å². The van der Waals surface area contributed by atoms with Gasteiger partial charge in [-0.2, -0.15) is 11.8 Å². The number of hydrogen-bond acceptors (Lipinski definition) is 3. The number of nitrogens with two attached hydrogens (primary N) is 1. The zero-order chi connectivity index (χ0) is 12.8. The van der Waals surface area contributed by atoms with E-state index in [0.29, 0.717) is 10.6 Å². The van der Waals surface area contributed by atoms with Gasteiger partial charge in [0.25, 0.3) is 5.91 Å². The van der Waals surface area contributed by atoms with E-state index in [1.54, 1.807) is 48.0 Å². The Balaban J connectivity index is 2.81. The predicted octanol–water partition coefficient (Wildman–Crippen LogP) is 1.76. The van der Waals surface area contributed by atoms with Crippen LogP contribution in [0.2, 0.25) is 0 Å². The number of thioether (sulfide) groups is 1. The van der Waals surface area contributed by atoms with Gasteiger partial charge in [0.2, 0.25) is 0 Å². The van der Waals surface area contributed by atoms with Crippen molar-refractivity contribution in [2.24, 2.45) is 5.73 Å². The molecule has 3 nitrogen and oxygen atoms in total. The summed E-state index contributed by atoms with van der Waals surface area (Å²) in [6.45, 7) is 0.733. The molecule has 1 aromatic rings. The van der Waals surface area contributed by atoms with E-state index in [1.807, 2.05) is 6.26 Å². The average Bonchev–Trinajstić information content (AvgIpc) is 2.35. The topological polar surface area (TPSA) is 46.3 Å². The Morgan fingerprint density at radius 2 is 2.12 bits per heavy atom. The second-order valence-electron chi connectivity index (χ2n) is 3.66. The molecule has 0 atom stereocenters. The van der Waals surface area contributed by atoms with Crippen LogP contribution in [-0.4, -0.2) is 41.4 Å². The molecule has 1 amide bonds. The Bertz CT molecular complexity index is 421. The molecule has 92 valence electrons. The highest BCUT2D eigenvalue weighted by molar-refractivity contribution is 7.98. The highest BCUT2D eigenvalue weighted by Crippen LogP contribution is 2.08. The van der Waals surface area contributed by atoms with Crippen molar-refractivity contribution in [2.45, 2.75) is 0 Å². The third kappa shape index (κ3) is 4.02. The predicted molar refractivity (Wildman–Crippen MR) is 77.7 cm³/mol. The first-order valence-corrected chi connectivity index (χ1v) is 7.00. The monoisotopic (exact) mass is 268 g/mol. The van der Waals surface area contributed by atoms with Crippen LogP contribution in [0.4, 0.5) is 0 Å². The maximum atomic E-state index is 12.1. The minimum Gasteiger partial charge on any atom is -0.389 e. The Hall–Kier alpha value is -1.07. The van der Waals surface area contributed by atoms with Crippen molar-refractivity contribution in [3.05, 3.63) is 35.4 Å². The molecular formula is C12H16N2OS2. The molecule has 0 saturated carbocycles. The standard InChI is InChI=1S/C12H16N2OS2/c1-14(6-7-17-2)12(15)10-5-3-4-9(8-10)11(13)16/h3-5,8H,6-7H2,1-2H3,(H2,13,16). The summed E-state index contributed by atoms with van der Waals surface area (Å²) >= 11 is 6.61. The molecule has 0 aliphatic heterocycles. The van der Waals surface area contributed by atoms with Gasteiger partial charge in [-0.3, -0.25) is 4.79 Å². The van der Waals surface area contributed by atoms with Crippen LogP contribution in [0.1, 0.15) is 15.9 Å². The third-order valence-electron chi connectivity index (χ3n) is 2.37. The molecule has 0 bridgehead atoms. The van der Waals surface area contributed by atoms with E-state index >= 15 is 0 Å². The van der Waals surface area contributed by atoms with Crippen molar-refractivity contribution in [3.8, 4) is 0 Å². The third-order valence-corrected chi connectivity index (χ3v) is 3.20. The normalized spacial score (nSPS) is 10.0. The van der Waals surface area contributed by atoms with Crippen molar-refractivity contribution >= 4 is 34.9 Å². The van der Waals surface area contributed by atoms with Gasteiger partial charge < -0.3 is 10.6 Å². The van der Waals surface area contributed by atoms with Gasteiger partial charge in [-0.1, -0.05) is 24.4 Å². The van der Waals surface area contributed by atoms with E-state index in [-0.39, 0.29) is 5.91 Å². The molecule has 0 spiro atoms. The minimum atomic E-state index is -0.00264. The van der Waals surface area contributed by atoms with Crippen LogP contribution in [-0.2, 0) is 0 Å². The van der Waals surface area contributed by atoms with Gasteiger partial charge in [0.15, 0.2) is 0 Å². The van der Waals surface area contributed by atoms with Gasteiger partial charge in [0.1, 0.15) is 4.99 Å². The van der Waals surface area contributed by atoms with E-state index in [9.17, 15) is 4.79 Å². The van der Waals surface area contributed by atoms with Crippen LogP contribution in [0.25, 0.3) is 0 Å². The molecule has 0 saturated heterocycles. The molecule has 0 fully saturated rings. The summed E-state index contributed by atoms with van der Waals surface area (Å²) < 4.78 is 0. The summed E-state index contributed by atoms with van der Waals surface area (Å²) in [5, 5.41) is 0. The van der Waals surface area contributed by atoms with Gasteiger partial charge in [0.05, 0.1) is 0 Å². The molecule has 0 aliphatic carbocycles. The molecule has 1 aromatic carbocycles. The molecule has 17 heavy (non-hydrogen) atoms. The average molecular weight is 268 g/mol. The lowest BCUT2D eigenvalue weighted by Crippen LogP contribution is -2.29. The summed E-state index contributed by atoms with van der Waals surface area (Å²) in [7, 11) is 1.80. The van der Waals surface area contributed by atoms with Crippen LogP contribution in [0.3, 0.4) is 0 Å². The van der Waals surface area contributed by atoms with Gasteiger partial charge in [-0.25, -0.2) is 0 Å². The molecule has 0 aromatic heterocycles. The summed E-state index contributed by atoms with van der Waals surface area (Å²) in [5.74, 6) is 0.925. The number of rotatable bonds is 5. The zero-order valence-electron chi connectivity index (χ0n) is 9.97. The van der Waals surface area contributed by atoms with Crippen molar-refractivity contribution in [3.63, 3.8) is 0 Å². The fourth-order valence-corrected chi connectivity index (χ4v) is 1.94.